The summed E-state index contributed by atoms with van der Waals surface area (Å²) < 4.78 is 21.1. The summed E-state index contributed by atoms with van der Waals surface area (Å²) in [4.78, 5) is 0. The smallest absolute Gasteiger partial charge is 0.320 e. The normalized spacial score (nSPS) is 22.0. The van der Waals surface area contributed by atoms with Crippen LogP contribution in [0.1, 0.15) is 13.3 Å². The van der Waals surface area contributed by atoms with E-state index in [0.29, 0.717) is 12.0 Å². The Balaban J connectivity index is 1.93. The van der Waals surface area contributed by atoms with Crippen LogP contribution < -0.4 is 0 Å². The van der Waals surface area contributed by atoms with E-state index < -0.39 is 9.28 Å². The van der Waals surface area contributed by atoms with Crippen molar-refractivity contribution in [2.75, 3.05) is 34.0 Å². The molecule has 0 aliphatic carbocycles. The van der Waals surface area contributed by atoms with E-state index >= 15 is 0 Å². The fraction of sp³-hybridized carbons (Fsp3) is 1.00. The third-order valence-corrected chi connectivity index (χ3v) is 4.39. The molecule has 0 N–H and O–H groups in total. The molecule has 0 aromatic rings. The third kappa shape index (κ3) is 6.27. The highest BCUT2D eigenvalue weighted by Crippen LogP contribution is 2.12. The third-order valence-electron chi connectivity index (χ3n) is 2.53. The van der Waals surface area contributed by atoms with Gasteiger partial charge in [0.2, 0.25) is 0 Å². The lowest BCUT2D eigenvalue weighted by atomic mass is 10.1. The molecule has 1 saturated heterocycles. The Morgan fingerprint density at radius 3 is 2.60 bits per heavy atom. The maximum Gasteiger partial charge on any atom is 0.320 e. The number of ether oxygens (including phenoxy) is 2. The van der Waals surface area contributed by atoms with Gasteiger partial charge in [0.25, 0.3) is 0 Å². The molecular weight excluding hydrogens is 212 g/mol. The zero-order valence-corrected chi connectivity index (χ0v) is 11.1. The van der Waals surface area contributed by atoms with Crippen LogP contribution in [0, 0.1) is 5.92 Å². The summed E-state index contributed by atoms with van der Waals surface area (Å²) in [6.45, 7) is 4.63. The van der Waals surface area contributed by atoms with Crippen molar-refractivity contribution in [3.05, 3.63) is 0 Å². The first kappa shape index (κ1) is 13.1. The number of hydrogen-bond acceptors (Lipinski definition) is 4. The van der Waals surface area contributed by atoms with Crippen LogP contribution >= 0.6 is 0 Å². The highest BCUT2D eigenvalue weighted by atomic mass is 28.3. The van der Waals surface area contributed by atoms with Crippen molar-refractivity contribution in [3.63, 3.8) is 0 Å². The quantitative estimate of drug-likeness (QED) is 0.440. The molecule has 0 saturated carbocycles. The monoisotopic (exact) mass is 234 g/mol. The average Bonchev–Trinajstić information content (AvgIpc) is 3.03. The number of rotatable bonds is 9. The largest absolute Gasteiger partial charge is 0.400 e. The fourth-order valence-corrected chi connectivity index (χ4v) is 2.91. The van der Waals surface area contributed by atoms with E-state index in [0.717, 1.165) is 32.3 Å². The molecule has 0 bridgehead atoms. The van der Waals surface area contributed by atoms with Crippen LogP contribution in [0.3, 0.4) is 0 Å². The zero-order chi connectivity index (χ0) is 11.1. The summed E-state index contributed by atoms with van der Waals surface area (Å²) in [5.41, 5.74) is 0. The van der Waals surface area contributed by atoms with Gasteiger partial charge >= 0.3 is 9.28 Å². The van der Waals surface area contributed by atoms with Crippen LogP contribution in [-0.2, 0) is 18.3 Å². The SMILES string of the molecule is CO[SiH](CCC(C)COCC1CO1)OC. The second-order valence-electron chi connectivity index (χ2n) is 4.08. The fourth-order valence-electron chi connectivity index (χ4n) is 1.40. The second-order valence-corrected chi connectivity index (χ2v) is 6.46. The Labute approximate surface area is 93.7 Å². The van der Waals surface area contributed by atoms with Gasteiger partial charge in [-0.05, 0) is 18.4 Å². The van der Waals surface area contributed by atoms with E-state index in [-0.39, 0.29) is 0 Å². The molecule has 1 aliphatic rings. The lowest BCUT2D eigenvalue weighted by Gasteiger charge is -2.14. The molecule has 1 fully saturated rings. The van der Waals surface area contributed by atoms with E-state index in [4.69, 9.17) is 18.3 Å². The second kappa shape index (κ2) is 7.35. The lowest BCUT2D eigenvalue weighted by molar-refractivity contribution is 0.0890. The first-order chi connectivity index (χ1) is 7.26. The molecule has 4 nitrogen and oxygen atoms in total. The van der Waals surface area contributed by atoms with Gasteiger partial charge in [-0.15, -0.1) is 0 Å². The standard InChI is InChI=1S/C10H22O4Si/c1-9(4-5-15(11-2)12-3)6-13-7-10-8-14-10/h9-10,15H,4-8H2,1-3H3. The van der Waals surface area contributed by atoms with E-state index in [1.807, 2.05) is 0 Å². The van der Waals surface area contributed by atoms with Crippen LogP contribution in [-0.4, -0.2) is 49.4 Å². The maximum absolute atomic E-state index is 5.53. The van der Waals surface area contributed by atoms with Crippen LogP contribution in [0.2, 0.25) is 6.04 Å². The average molecular weight is 234 g/mol. The molecule has 0 radical (unpaired) electrons. The Bertz CT molecular complexity index is 160. The summed E-state index contributed by atoms with van der Waals surface area (Å²) in [6, 6.07) is 1.05. The molecule has 2 unspecified atom stereocenters. The van der Waals surface area contributed by atoms with Crippen molar-refractivity contribution in [2.24, 2.45) is 5.92 Å². The Hall–Kier alpha value is 0.0569. The van der Waals surface area contributed by atoms with E-state index in [9.17, 15) is 0 Å². The van der Waals surface area contributed by atoms with Crippen LogP contribution in [0.15, 0.2) is 0 Å². The van der Waals surface area contributed by atoms with Gasteiger partial charge in [-0.2, -0.15) is 0 Å². The lowest BCUT2D eigenvalue weighted by Crippen LogP contribution is -2.20. The molecule has 2 atom stereocenters. The summed E-state index contributed by atoms with van der Waals surface area (Å²) in [7, 11) is 2.09. The molecule has 0 spiro atoms. The van der Waals surface area contributed by atoms with Crippen molar-refractivity contribution in [2.45, 2.75) is 25.5 Å². The van der Waals surface area contributed by atoms with Gasteiger partial charge in [-0.3, -0.25) is 0 Å². The molecule has 0 aromatic heterocycles. The van der Waals surface area contributed by atoms with Crippen molar-refractivity contribution in [3.8, 4) is 0 Å². The van der Waals surface area contributed by atoms with E-state index in [1.54, 1.807) is 14.2 Å². The predicted octanol–water partition coefficient (Wildman–Crippen LogP) is 0.941. The molecular formula is C10H22O4Si. The van der Waals surface area contributed by atoms with Crippen molar-refractivity contribution in [1.82, 2.24) is 0 Å². The molecule has 1 rings (SSSR count). The Morgan fingerprint density at radius 1 is 1.40 bits per heavy atom. The summed E-state index contributed by atoms with van der Waals surface area (Å²) in [6.07, 6.45) is 1.49. The summed E-state index contributed by atoms with van der Waals surface area (Å²) in [5.74, 6) is 0.573. The Kier molecular flexibility index (Phi) is 6.43. The molecule has 90 valence electrons. The van der Waals surface area contributed by atoms with E-state index in [1.165, 1.54) is 0 Å². The van der Waals surface area contributed by atoms with E-state index in [2.05, 4.69) is 6.92 Å². The maximum atomic E-state index is 5.53. The highest BCUT2D eigenvalue weighted by molar-refractivity contribution is 6.44. The molecule has 5 heteroatoms. The van der Waals surface area contributed by atoms with Crippen molar-refractivity contribution in [1.29, 1.82) is 0 Å². The van der Waals surface area contributed by atoms with Gasteiger partial charge in [0.15, 0.2) is 0 Å². The highest BCUT2D eigenvalue weighted by Gasteiger charge is 2.22. The van der Waals surface area contributed by atoms with Crippen LogP contribution in [0.5, 0.6) is 0 Å². The number of hydrogen-bond donors (Lipinski definition) is 0. The molecule has 1 aliphatic heterocycles. The van der Waals surface area contributed by atoms with Gasteiger partial charge in [0.05, 0.1) is 13.2 Å². The minimum Gasteiger partial charge on any atom is -0.400 e. The summed E-state index contributed by atoms with van der Waals surface area (Å²) >= 11 is 0. The minimum absolute atomic E-state index is 0.372. The van der Waals surface area contributed by atoms with Gasteiger partial charge < -0.3 is 18.3 Å². The Morgan fingerprint density at radius 2 is 2.07 bits per heavy atom. The van der Waals surface area contributed by atoms with Gasteiger partial charge in [-0.1, -0.05) is 6.92 Å². The van der Waals surface area contributed by atoms with Gasteiger partial charge in [-0.25, -0.2) is 0 Å². The molecule has 15 heavy (non-hydrogen) atoms. The first-order valence-corrected chi connectivity index (χ1v) is 7.27. The first-order valence-electron chi connectivity index (χ1n) is 5.51. The predicted molar refractivity (Wildman–Crippen MR) is 60.3 cm³/mol. The van der Waals surface area contributed by atoms with Gasteiger partial charge in [0.1, 0.15) is 6.10 Å². The molecule has 0 amide bonds. The molecule has 1 heterocycles. The van der Waals surface area contributed by atoms with Crippen LogP contribution in [0.25, 0.3) is 0 Å². The molecule has 0 aromatic carbocycles. The zero-order valence-electron chi connectivity index (χ0n) is 9.90. The topological polar surface area (TPSA) is 40.2 Å². The minimum atomic E-state index is -1.37. The summed E-state index contributed by atoms with van der Waals surface area (Å²) in [5, 5.41) is 0. The van der Waals surface area contributed by atoms with Crippen molar-refractivity contribution < 1.29 is 18.3 Å². The number of epoxide rings is 1. The van der Waals surface area contributed by atoms with Gasteiger partial charge in [0, 0.05) is 20.8 Å². The van der Waals surface area contributed by atoms with Crippen LogP contribution in [0.4, 0.5) is 0 Å². The van der Waals surface area contributed by atoms with Crippen molar-refractivity contribution >= 4 is 9.28 Å².